The summed E-state index contributed by atoms with van der Waals surface area (Å²) < 4.78 is 39.0. The van der Waals surface area contributed by atoms with Gasteiger partial charge in [-0.25, -0.2) is 9.97 Å². The molecule has 0 atom stereocenters. The summed E-state index contributed by atoms with van der Waals surface area (Å²) >= 11 is 0. The number of alkyl halides is 3. The molecule has 0 aromatic carbocycles. The number of rotatable bonds is 1. The predicted molar refractivity (Wildman–Crippen MR) is 59.4 cm³/mol. The Kier molecular flexibility index (Phi) is 2.68. The van der Waals surface area contributed by atoms with E-state index in [-0.39, 0.29) is 17.1 Å². The van der Waals surface area contributed by atoms with Crippen LogP contribution in [0.25, 0.3) is 11.2 Å². The zero-order valence-electron chi connectivity index (χ0n) is 9.72. The van der Waals surface area contributed by atoms with Crippen LogP contribution in [-0.4, -0.2) is 38.2 Å². The van der Waals surface area contributed by atoms with Crippen molar-refractivity contribution in [3.8, 4) is 0 Å². The van der Waals surface area contributed by atoms with Gasteiger partial charge in [0.25, 0.3) is 0 Å². The Morgan fingerprint density at radius 2 is 1.84 bits per heavy atom. The summed E-state index contributed by atoms with van der Waals surface area (Å²) in [7, 11) is 0. The van der Waals surface area contributed by atoms with Crippen LogP contribution in [0.15, 0.2) is 6.33 Å². The van der Waals surface area contributed by atoms with Crippen LogP contribution in [0.4, 0.5) is 19.1 Å². The number of hydrogen-bond donors (Lipinski definition) is 0. The molecule has 0 saturated carbocycles. The number of anilines is 1. The first-order chi connectivity index (χ1) is 9.05. The summed E-state index contributed by atoms with van der Waals surface area (Å²) in [5, 5.41) is 7.06. The number of halogens is 3. The van der Waals surface area contributed by atoms with Gasteiger partial charge >= 0.3 is 6.18 Å². The maximum Gasteiger partial charge on any atom is 0.435 e. The second kappa shape index (κ2) is 4.25. The van der Waals surface area contributed by atoms with Gasteiger partial charge in [0.05, 0.1) is 0 Å². The van der Waals surface area contributed by atoms with Crippen molar-refractivity contribution < 1.29 is 13.2 Å². The molecule has 0 N–H and O–H groups in total. The highest BCUT2D eigenvalue weighted by molar-refractivity contribution is 5.73. The van der Waals surface area contributed by atoms with Crippen molar-refractivity contribution in [1.29, 1.82) is 0 Å². The minimum absolute atomic E-state index is 0.0413. The molecule has 19 heavy (non-hydrogen) atoms. The van der Waals surface area contributed by atoms with Crippen molar-refractivity contribution in [1.82, 2.24) is 25.1 Å². The highest BCUT2D eigenvalue weighted by Crippen LogP contribution is 2.32. The lowest BCUT2D eigenvalue weighted by molar-refractivity contribution is -0.139. The average molecular weight is 270 g/mol. The SMILES string of the molecule is FC(F)(F)c1nc(N2CCCC2)nc2nncnc12. The smallest absolute Gasteiger partial charge is 0.341 e. The van der Waals surface area contributed by atoms with Gasteiger partial charge in [-0.3, -0.25) is 0 Å². The summed E-state index contributed by atoms with van der Waals surface area (Å²) in [5.74, 6) is 0.0413. The van der Waals surface area contributed by atoms with E-state index in [1.165, 1.54) is 0 Å². The summed E-state index contributed by atoms with van der Waals surface area (Å²) in [4.78, 5) is 12.9. The van der Waals surface area contributed by atoms with Gasteiger partial charge in [-0.05, 0) is 12.8 Å². The van der Waals surface area contributed by atoms with Crippen LogP contribution in [0.1, 0.15) is 18.5 Å². The molecule has 2 aromatic rings. The van der Waals surface area contributed by atoms with Crippen LogP contribution in [0.3, 0.4) is 0 Å². The van der Waals surface area contributed by atoms with Crippen LogP contribution in [0.5, 0.6) is 0 Å². The molecule has 0 spiro atoms. The highest BCUT2D eigenvalue weighted by atomic mass is 19.4. The van der Waals surface area contributed by atoms with Gasteiger partial charge in [0.15, 0.2) is 5.69 Å². The molecule has 0 amide bonds. The lowest BCUT2D eigenvalue weighted by atomic mass is 10.3. The standard InChI is InChI=1S/C10H9F3N6/c11-10(12,13)7-6-8(18-15-5-14-6)17-9(16-7)19-3-1-2-4-19/h5H,1-4H2. The van der Waals surface area contributed by atoms with E-state index in [1.807, 2.05) is 0 Å². The van der Waals surface area contributed by atoms with Gasteiger partial charge in [0.2, 0.25) is 11.6 Å². The molecule has 3 rings (SSSR count). The summed E-state index contributed by atoms with van der Waals surface area (Å²) in [6.45, 7) is 1.30. The topological polar surface area (TPSA) is 67.7 Å². The molecule has 0 radical (unpaired) electrons. The Hall–Kier alpha value is -2.06. The third kappa shape index (κ3) is 2.15. The Morgan fingerprint density at radius 3 is 2.53 bits per heavy atom. The molecule has 9 heteroatoms. The van der Waals surface area contributed by atoms with E-state index in [2.05, 4.69) is 25.1 Å². The first kappa shape index (κ1) is 12.0. The van der Waals surface area contributed by atoms with Crippen molar-refractivity contribution in [2.24, 2.45) is 0 Å². The predicted octanol–water partition coefficient (Wildman–Crippen LogP) is 1.43. The maximum atomic E-state index is 13.0. The number of hydrogen-bond acceptors (Lipinski definition) is 6. The van der Waals surface area contributed by atoms with E-state index in [9.17, 15) is 13.2 Å². The minimum Gasteiger partial charge on any atom is -0.341 e. The zero-order chi connectivity index (χ0) is 13.5. The van der Waals surface area contributed by atoms with Crippen molar-refractivity contribution in [2.45, 2.75) is 19.0 Å². The van der Waals surface area contributed by atoms with Crippen molar-refractivity contribution in [3.63, 3.8) is 0 Å². The van der Waals surface area contributed by atoms with Crippen LogP contribution >= 0.6 is 0 Å². The second-order valence-corrected chi connectivity index (χ2v) is 4.20. The van der Waals surface area contributed by atoms with Crippen LogP contribution < -0.4 is 4.90 Å². The Labute approximate surface area is 105 Å². The fraction of sp³-hybridized carbons (Fsp3) is 0.500. The molecule has 0 unspecified atom stereocenters. The lowest BCUT2D eigenvalue weighted by Crippen LogP contribution is -2.23. The largest absolute Gasteiger partial charge is 0.435 e. The van der Waals surface area contributed by atoms with Gasteiger partial charge in [-0.15, -0.1) is 10.2 Å². The third-order valence-corrected chi connectivity index (χ3v) is 2.90. The highest BCUT2D eigenvalue weighted by Gasteiger charge is 2.37. The zero-order valence-corrected chi connectivity index (χ0v) is 9.72. The lowest BCUT2D eigenvalue weighted by Gasteiger charge is -2.17. The number of nitrogens with zero attached hydrogens (tertiary/aromatic N) is 6. The van der Waals surface area contributed by atoms with Crippen molar-refractivity contribution in [3.05, 3.63) is 12.0 Å². The van der Waals surface area contributed by atoms with E-state index in [0.717, 1.165) is 19.2 Å². The second-order valence-electron chi connectivity index (χ2n) is 4.20. The molecule has 2 aromatic heterocycles. The first-order valence-electron chi connectivity index (χ1n) is 5.73. The molecule has 1 fully saturated rings. The molecule has 100 valence electrons. The van der Waals surface area contributed by atoms with E-state index in [1.54, 1.807) is 4.90 Å². The van der Waals surface area contributed by atoms with E-state index < -0.39 is 11.9 Å². The molecular formula is C10H9F3N6. The molecule has 0 bridgehead atoms. The molecule has 6 nitrogen and oxygen atoms in total. The van der Waals surface area contributed by atoms with Crippen molar-refractivity contribution >= 4 is 17.1 Å². The Bertz CT molecular complexity index is 608. The Morgan fingerprint density at radius 1 is 1.11 bits per heavy atom. The van der Waals surface area contributed by atoms with Gasteiger partial charge < -0.3 is 4.90 Å². The fourth-order valence-corrected chi connectivity index (χ4v) is 2.04. The quantitative estimate of drug-likeness (QED) is 0.781. The van der Waals surface area contributed by atoms with Gasteiger partial charge in [0.1, 0.15) is 11.8 Å². The van der Waals surface area contributed by atoms with Gasteiger partial charge in [-0.2, -0.15) is 18.2 Å². The fourth-order valence-electron chi connectivity index (χ4n) is 2.04. The summed E-state index contributed by atoms with van der Waals surface area (Å²) in [5.41, 5.74) is -1.56. The van der Waals surface area contributed by atoms with Crippen LogP contribution in [0, 0.1) is 0 Å². The normalized spacial score (nSPS) is 16.3. The number of aromatic nitrogens is 5. The monoisotopic (exact) mass is 270 g/mol. The van der Waals surface area contributed by atoms with Crippen LogP contribution in [-0.2, 0) is 6.18 Å². The van der Waals surface area contributed by atoms with E-state index in [4.69, 9.17) is 0 Å². The van der Waals surface area contributed by atoms with E-state index in [0.29, 0.717) is 13.1 Å². The average Bonchev–Trinajstić information content (AvgIpc) is 2.90. The summed E-state index contributed by atoms with van der Waals surface area (Å²) in [6.07, 6.45) is -1.80. The maximum absolute atomic E-state index is 13.0. The molecule has 1 aliphatic rings. The molecule has 1 saturated heterocycles. The van der Waals surface area contributed by atoms with E-state index >= 15 is 0 Å². The number of fused-ring (bicyclic) bond motifs is 1. The summed E-state index contributed by atoms with van der Waals surface area (Å²) in [6, 6.07) is 0. The van der Waals surface area contributed by atoms with Crippen molar-refractivity contribution in [2.75, 3.05) is 18.0 Å². The Balaban J connectivity index is 2.20. The molecule has 1 aliphatic heterocycles. The van der Waals surface area contributed by atoms with Gasteiger partial charge in [-0.1, -0.05) is 0 Å². The van der Waals surface area contributed by atoms with Crippen LogP contribution in [0.2, 0.25) is 0 Å². The molecular weight excluding hydrogens is 261 g/mol. The molecule has 0 aliphatic carbocycles. The van der Waals surface area contributed by atoms with Gasteiger partial charge in [0, 0.05) is 13.1 Å². The minimum atomic E-state index is -4.59. The first-order valence-corrected chi connectivity index (χ1v) is 5.73. The third-order valence-electron chi connectivity index (χ3n) is 2.90. The molecule has 3 heterocycles.